The van der Waals surface area contributed by atoms with E-state index in [0.717, 1.165) is 5.56 Å². The molecule has 0 aliphatic heterocycles. The molecular formula is C15H11NO3S. The van der Waals surface area contributed by atoms with Crippen LogP contribution in [0.5, 0.6) is 5.75 Å². The second kappa shape index (κ2) is 6.55. The Morgan fingerprint density at radius 1 is 1.35 bits per heavy atom. The number of ether oxygens (including phenoxy) is 1. The minimum atomic E-state index is -0.961. The Hall–Kier alpha value is -2.58. The molecule has 2 aromatic rings. The molecule has 5 heteroatoms. The predicted octanol–water partition coefficient (Wildman–Crippen LogP) is 3.28. The number of nitrogens with zero attached hydrogens (tertiary/aromatic N) is 1. The molecule has 0 amide bonds. The summed E-state index contributed by atoms with van der Waals surface area (Å²) in [6.07, 6.45) is 1.61. The monoisotopic (exact) mass is 285 g/mol. The van der Waals surface area contributed by atoms with Crippen molar-refractivity contribution in [2.24, 2.45) is 0 Å². The van der Waals surface area contributed by atoms with Crippen LogP contribution in [0, 0.1) is 11.3 Å². The van der Waals surface area contributed by atoms with Crippen molar-refractivity contribution in [1.29, 1.82) is 5.26 Å². The lowest BCUT2D eigenvalue weighted by atomic mass is 10.1. The molecule has 1 heterocycles. The van der Waals surface area contributed by atoms with Crippen LogP contribution < -0.4 is 4.74 Å². The molecule has 4 nitrogen and oxygen atoms in total. The minimum absolute atomic E-state index is 0.00917. The maximum atomic E-state index is 11.3. The van der Waals surface area contributed by atoms with Crippen LogP contribution >= 0.6 is 11.3 Å². The summed E-state index contributed by atoms with van der Waals surface area (Å²) in [5.41, 5.74) is 1.02. The molecule has 1 N–H and O–H groups in total. The van der Waals surface area contributed by atoms with Gasteiger partial charge in [0.1, 0.15) is 11.8 Å². The Morgan fingerprint density at radius 2 is 2.10 bits per heavy atom. The fourth-order valence-corrected chi connectivity index (χ4v) is 2.35. The van der Waals surface area contributed by atoms with Gasteiger partial charge in [-0.15, -0.1) is 11.3 Å². The number of hydrogen-bond acceptors (Lipinski definition) is 4. The summed E-state index contributed by atoms with van der Waals surface area (Å²) < 4.78 is 5.14. The van der Waals surface area contributed by atoms with E-state index in [2.05, 4.69) is 0 Å². The van der Waals surface area contributed by atoms with E-state index in [-0.39, 0.29) is 12.2 Å². The molecular weight excluding hydrogens is 274 g/mol. The van der Waals surface area contributed by atoms with Crippen LogP contribution in [0.3, 0.4) is 0 Å². The molecule has 0 spiro atoms. The molecule has 0 saturated heterocycles. The van der Waals surface area contributed by atoms with Crippen molar-refractivity contribution in [2.45, 2.75) is 0 Å². The topological polar surface area (TPSA) is 70.3 Å². The third-order valence-electron chi connectivity index (χ3n) is 2.51. The van der Waals surface area contributed by atoms with Crippen molar-refractivity contribution in [2.75, 3.05) is 6.61 Å². The molecule has 0 fully saturated rings. The lowest BCUT2D eigenvalue weighted by Gasteiger charge is -2.03. The van der Waals surface area contributed by atoms with Gasteiger partial charge in [0, 0.05) is 4.88 Å². The lowest BCUT2D eigenvalue weighted by Crippen LogP contribution is -1.97. The Morgan fingerprint density at radius 3 is 2.65 bits per heavy atom. The molecule has 2 rings (SSSR count). The molecule has 0 unspecified atom stereocenters. The van der Waals surface area contributed by atoms with E-state index >= 15 is 0 Å². The fraction of sp³-hybridized carbons (Fsp3) is 0.0667. The zero-order valence-corrected chi connectivity index (χ0v) is 11.3. The number of carboxylic acid groups (broad SMARTS) is 1. The Bertz CT molecular complexity index is 651. The zero-order chi connectivity index (χ0) is 14.4. The van der Waals surface area contributed by atoms with Crippen LogP contribution in [-0.2, 0) is 4.79 Å². The van der Waals surface area contributed by atoms with E-state index in [1.807, 2.05) is 17.5 Å². The van der Waals surface area contributed by atoms with Gasteiger partial charge in [-0.1, -0.05) is 18.2 Å². The molecule has 0 aliphatic carbocycles. The van der Waals surface area contributed by atoms with Crippen LogP contribution in [0.1, 0.15) is 10.4 Å². The minimum Gasteiger partial charge on any atom is -0.479 e. The van der Waals surface area contributed by atoms with E-state index < -0.39 is 5.97 Å². The summed E-state index contributed by atoms with van der Waals surface area (Å²) >= 11 is 1.38. The predicted molar refractivity (Wildman–Crippen MR) is 77.4 cm³/mol. The number of carbonyl (C=O) groups is 1. The first-order chi connectivity index (χ1) is 9.70. The number of hydrogen-bond donors (Lipinski definition) is 1. The van der Waals surface area contributed by atoms with Crippen LogP contribution in [0.4, 0.5) is 0 Å². The first-order valence-electron chi connectivity index (χ1n) is 5.79. The van der Waals surface area contributed by atoms with Crippen molar-refractivity contribution < 1.29 is 14.6 Å². The molecule has 0 radical (unpaired) electrons. The number of rotatable bonds is 5. The van der Waals surface area contributed by atoms with Crippen LogP contribution in [0.15, 0.2) is 41.8 Å². The average molecular weight is 285 g/mol. The van der Waals surface area contributed by atoms with Gasteiger partial charge in [-0.05, 0) is 35.2 Å². The Balaban J connectivity index is 2.24. The highest BCUT2D eigenvalue weighted by Gasteiger charge is 2.11. The normalized spacial score (nSPS) is 10.8. The van der Waals surface area contributed by atoms with E-state index in [1.165, 1.54) is 11.3 Å². The van der Waals surface area contributed by atoms with Gasteiger partial charge in [-0.2, -0.15) is 5.26 Å². The third kappa shape index (κ3) is 3.46. The highest BCUT2D eigenvalue weighted by Crippen LogP contribution is 2.24. The molecule has 0 atom stereocenters. The number of nitriles is 1. The lowest BCUT2D eigenvalue weighted by molar-refractivity contribution is -0.130. The van der Waals surface area contributed by atoms with E-state index in [9.17, 15) is 9.90 Å². The van der Waals surface area contributed by atoms with Crippen LogP contribution in [0.2, 0.25) is 0 Å². The molecule has 0 aliphatic rings. The number of aliphatic carboxylic acids is 1. The maximum Gasteiger partial charge on any atom is 0.337 e. The molecule has 100 valence electrons. The van der Waals surface area contributed by atoms with Gasteiger partial charge in [0.15, 0.2) is 6.61 Å². The highest BCUT2D eigenvalue weighted by molar-refractivity contribution is 7.11. The third-order valence-corrected chi connectivity index (χ3v) is 3.41. The zero-order valence-electron chi connectivity index (χ0n) is 10.4. The molecule has 1 aromatic heterocycles. The molecule has 0 bridgehead atoms. The van der Waals surface area contributed by atoms with Gasteiger partial charge >= 0.3 is 5.97 Å². The molecule has 0 saturated carbocycles. The molecule has 20 heavy (non-hydrogen) atoms. The summed E-state index contributed by atoms with van der Waals surface area (Å²) in [6, 6.07) is 12.4. The van der Waals surface area contributed by atoms with Crippen molar-refractivity contribution in [3.05, 3.63) is 52.2 Å². The van der Waals surface area contributed by atoms with Crippen molar-refractivity contribution >= 4 is 29.0 Å². The van der Waals surface area contributed by atoms with E-state index in [4.69, 9.17) is 10.00 Å². The van der Waals surface area contributed by atoms with Crippen molar-refractivity contribution in [1.82, 2.24) is 0 Å². The van der Waals surface area contributed by atoms with Gasteiger partial charge < -0.3 is 9.84 Å². The summed E-state index contributed by atoms with van der Waals surface area (Å²) in [6.45, 7) is -0.00917. The summed E-state index contributed by atoms with van der Waals surface area (Å²) in [5.74, 6) is -0.381. The largest absolute Gasteiger partial charge is 0.479 e. The number of thiophene rings is 1. The quantitative estimate of drug-likeness (QED) is 0.856. The van der Waals surface area contributed by atoms with E-state index in [1.54, 1.807) is 36.4 Å². The van der Waals surface area contributed by atoms with Gasteiger partial charge in [-0.25, -0.2) is 4.79 Å². The van der Waals surface area contributed by atoms with Crippen LogP contribution in [0.25, 0.3) is 11.6 Å². The first-order valence-corrected chi connectivity index (χ1v) is 6.67. The van der Waals surface area contributed by atoms with Gasteiger partial charge in [0.25, 0.3) is 0 Å². The second-order valence-corrected chi connectivity index (χ2v) is 4.80. The Kier molecular flexibility index (Phi) is 4.53. The second-order valence-electron chi connectivity index (χ2n) is 3.86. The smallest absolute Gasteiger partial charge is 0.337 e. The fourth-order valence-electron chi connectivity index (χ4n) is 1.61. The summed E-state index contributed by atoms with van der Waals surface area (Å²) in [4.78, 5) is 12.0. The Labute approximate surface area is 120 Å². The summed E-state index contributed by atoms with van der Waals surface area (Å²) in [7, 11) is 0. The van der Waals surface area contributed by atoms with Gasteiger partial charge in [0.05, 0.1) is 5.57 Å². The summed E-state index contributed by atoms with van der Waals surface area (Å²) in [5, 5.41) is 19.5. The standard InChI is InChI=1S/C15H11NO3S/c16-7-8-19-12-5-3-11(4-6-12)10-13(15(17)18)14-2-1-9-20-14/h1-6,9-10H,8H2,(H,17,18)/b13-10-. The van der Waals surface area contributed by atoms with Crippen LogP contribution in [-0.4, -0.2) is 17.7 Å². The maximum absolute atomic E-state index is 11.3. The SMILES string of the molecule is N#CCOc1ccc(/C=C(\C(=O)O)c2cccs2)cc1. The van der Waals surface area contributed by atoms with E-state index in [0.29, 0.717) is 10.6 Å². The van der Waals surface area contributed by atoms with Gasteiger partial charge in [0.2, 0.25) is 0 Å². The highest BCUT2D eigenvalue weighted by atomic mass is 32.1. The number of carboxylic acids is 1. The first kappa shape index (κ1) is 13.8. The molecule has 1 aromatic carbocycles. The average Bonchev–Trinajstić information content (AvgIpc) is 2.97. The number of benzene rings is 1. The van der Waals surface area contributed by atoms with Crippen molar-refractivity contribution in [3.8, 4) is 11.8 Å². The van der Waals surface area contributed by atoms with Crippen molar-refractivity contribution in [3.63, 3.8) is 0 Å². The van der Waals surface area contributed by atoms with Gasteiger partial charge in [-0.3, -0.25) is 0 Å².